The Kier molecular flexibility index (Phi) is 21.0. The predicted octanol–water partition coefficient (Wildman–Crippen LogP) is 11.1. The van der Waals surface area contributed by atoms with E-state index in [1.54, 1.807) is 0 Å². The topological polar surface area (TPSA) is 167 Å². The number of aliphatic hydroxyl groups excluding tert-OH is 1. The van der Waals surface area contributed by atoms with Crippen LogP contribution in [0.15, 0.2) is 30.3 Å². The second-order valence-corrected chi connectivity index (χ2v) is 30.1. The molecule has 6 N–H and O–H groups in total. The SMILES string of the molecule is C[C@H](CC[C@H](O)C1CCOCC1)[C@H]1CC[C@H]2[C@@H]3CC[C@H]4C[C@@](C)(O)CC[C@]4(C)[C@H]3CC[C@]12C.C[C@H](CC[C@H](OC(=O)c1ccccc1)C1CCOCC1)[C@H]1CC[C@H]2[C@@H]3CC[C@H]4C[C@@](C)(O)CC[C@]4(C)[C@H]3CC[C@]12C.O.[Li+].[OH-]. The largest absolute Gasteiger partial charge is 1.00 e. The van der Waals surface area contributed by atoms with Crippen LogP contribution in [-0.4, -0.2) is 82.1 Å². The van der Waals surface area contributed by atoms with Gasteiger partial charge in [-0.05, 0) is 292 Å². The number of rotatable bonds is 12. The van der Waals surface area contributed by atoms with Crippen molar-refractivity contribution in [3.05, 3.63) is 35.9 Å². The molecular weight excluding hydrogens is 956 g/mol. The minimum atomic E-state index is -0.452. The van der Waals surface area contributed by atoms with Crippen molar-refractivity contribution in [2.24, 2.45) is 105 Å². The molecule has 20 atom stereocenters. The van der Waals surface area contributed by atoms with Crippen LogP contribution in [-0.2, 0) is 14.2 Å². The number of hydrogen-bond donors (Lipinski definition) is 3. The van der Waals surface area contributed by atoms with Crippen molar-refractivity contribution in [3.63, 3.8) is 0 Å². The quantitative estimate of drug-likeness (QED) is 0.137. The van der Waals surface area contributed by atoms with Gasteiger partial charge in [-0.3, -0.25) is 0 Å². The molecule has 10 heteroatoms. The third-order valence-electron chi connectivity index (χ3n) is 26.1. The molecule has 0 amide bonds. The van der Waals surface area contributed by atoms with Gasteiger partial charge in [0.1, 0.15) is 6.10 Å². The van der Waals surface area contributed by atoms with Crippen molar-refractivity contribution in [2.45, 2.75) is 246 Å². The van der Waals surface area contributed by atoms with Crippen molar-refractivity contribution >= 4 is 5.97 Å². The Morgan fingerprint density at radius 3 is 1.44 bits per heavy atom. The molecule has 9 nitrogen and oxygen atoms in total. The number of fused-ring (bicyclic) bond motifs is 10. The van der Waals surface area contributed by atoms with Gasteiger partial charge >= 0.3 is 24.8 Å². The first-order valence-corrected chi connectivity index (χ1v) is 31.8. The van der Waals surface area contributed by atoms with Crippen LogP contribution >= 0.6 is 0 Å². The fourth-order valence-electron chi connectivity index (χ4n) is 21.7. The minimum absolute atomic E-state index is 0. The maximum Gasteiger partial charge on any atom is 1.00 e. The molecule has 0 aromatic heterocycles. The summed E-state index contributed by atoms with van der Waals surface area (Å²) in [5.74, 6) is 10.4. The number of carbonyl (C=O) groups excluding carboxylic acids is 1. The van der Waals surface area contributed by atoms with Crippen LogP contribution in [0.4, 0.5) is 0 Å². The van der Waals surface area contributed by atoms with Crippen molar-refractivity contribution in [1.29, 1.82) is 0 Å². The second kappa shape index (κ2) is 25.5. The Balaban J connectivity index is 0.000000220. The normalized spacial score (nSPS) is 44.1. The van der Waals surface area contributed by atoms with Crippen LogP contribution in [0.3, 0.4) is 0 Å². The number of carbonyl (C=O) groups is 1. The minimum Gasteiger partial charge on any atom is -0.870 e. The number of esters is 1. The zero-order valence-electron chi connectivity index (χ0n) is 50.3. The summed E-state index contributed by atoms with van der Waals surface area (Å²) in [6, 6.07) is 9.51. The van der Waals surface area contributed by atoms with Crippen molar-refractivity contribution in [2.75, 3.05) is 26.4 Å². The van der Waals surface area contributed by atoms with E-state index in [0.29, 0.717) is 50.9 Å². The molecule has 10 aliphatic rings. The molecule has 8 aliphatic carbocycles. The summed E-state index contributed by atoms with van der Waals surface area (Å²) >= 11 is 0. The Labute approximate surface area is 480 Å². The van der Waals surface area contributed by atoms with Crippen LogP contribution in [0, 0.1) is 105 Å². The van der Waals surface area contributed by atoms with E-state index >= 15 is 0 Å². The summed E-state index contributed by atoms with van der Waals surface area (Å²) in [7, 11) is 0. The van der Waals surface area contributed by atoms with Crippen LogP contribution in [0.2, 0.25) is 0 Å². The molecule has 8 saturated carbocycles. The molecule has 1 aromatic rings. The molecule has 77 heavy (non-hydrogen) atoms. The molecule has 0 radical (unpaired) electrons. The van der Waals surface area contributed by atoms with E-state index in [0.717, 1.165) is 156 Å². The Hall–Kier alpha value is -0.993. The van der Waals surface area contributed by atoms with E-state index in [1.165, 1.54) is 96.3 Å². The average Bonchev–Trinajstić information content (AvgIpc) is 3.96. The fourth-order valence-corrected chi connectivity index (χ4v) is 21.7. The number of ether oxygens (including phenoxy) is 3. The fraction of sp³-hybridized carbons (Fsp3) is 0.896. The molecule has 2 heterocycles. The van der Waals surface area contributed by atoms with Crippen LogP contribution < -0.4 is 18.9 Å². The molecule has 10 fully saturated rings. The summed E-state index contributed by atoms with van der Waals surface area (Å²) in [6.07, 6.45) is 31.3. The van der Waals surface area contributed by atoms with Gasteiger partial charge < -0.3 is 40.5 Å². The van der Waals surface area contributed by atoms with Crippen molar-refractivity contribution < 1.29 is 64.1 Å². The van der Waals surface area contributed by atoms with Crippen LogP contribution in [0.5, 0.6) is 0 Å². The third kappa shape index (κ3) is 12.8. The maximum absolute atomic E-state index is 13.1. The summed E-state index contributed by atoms with van der Waals surface area (Å²) in [5.41, 5.74) is 1.62. The molecule has 1 aromatic carbocycles. The zero-order chi connectivity index (χ0) is 52.3. The first kappa shape index (κ1) is 63.6. The second-order valence-electron chi connectivity index (χ2n) is 30.1. The van der Waals surface area contributed by atoms with Gasteiger partial charge in [0, 0.05) is 32.3 Å². The van der Waals surface area contributed by atoms with E-state index in [4.69, 9.17) is 14.2 Å². The molecule has 2 aliphatic heterocycles. The molecule has 0 bridgehead atoms. The van der Waals surface area contributed by atoms with Crippen molar-refractivity contribution in [1.82, 2.24) is 0 Å². The average molecular weight is 1070 g/mol. The smallest absolute Gasteiger partial charge is 0.870 e. The summed E-state index contributed by atoms with van der Waals surface area (Å²) in [4.78, 5) is 13.1. The Morgan fingerprint density at radius 2 is 0.974 bits per heavy atom. The van der Waals surface area contributed by atoms with E-state index in [1.807, 2.05) is 30.3 Å². The first-order chi connectivity index (χ1) is 35.2. The predicted molar refractivity (Wildman–Crippen MR) is 303 cm³/mol. The molecule has 11 rings (SSSR count). The molecule has 0 spiro atoms. The Morgan fingerprint density at radius 1 is 0.545 bits per heavy atom. The van der Waals surface area contributed by atoms with Gasteiger partial charge in [-0.25, -0.2) is 4.79 Å². The van der Waals surface area contributed by atoms with E-state index in [9.17, 15) is 20.1 Å². The third-order valence-corrected chi connectivity index (χ3v) is 26.1. The van der Waals surface area contributed by atoms with E-state index in [-0.39, 0.29) is 48.0 Å². The number of hydrogen-bond acceptors (Lipinski definition) is 8. The Bertz CT molecular complexity index is 2020. The van der Waals surface area contributed by atoms with Gasteiger partial charge in [0.2, 0.25) is 0 Å². The van der Waals surface area contributed by atoms with Gasteiger partial charge in [0.05, 0.1) is 22.9 Å². The monoisotopic (exact) mass is 1070 g/mol. The summed E-state index contributed by atoms with van der Waals surface area (Å²) < 4.78 is 17.4. The van der Waals surface area contributed by atoms with Crippen molar-refractivity contribution in [3.8, 4) is 0 Å². The maximum atomic E-state index is 13.1. The van der Waals surface area contributed by atoms with Gasteiger partial charge in [0.25, 0.3) is 0 Å². The van der Waals surface area contributed by atoms with Crippen LogP contribution in [0.25, 0.3) is 0 Å². The molecule has 0 unspecified atom stereocenters. The number of aliphatic hydroxyl groups is 3. The van der Waals surface area contributed by atoms with E-state index < -0.39 is 11.2 Å². The molecule has 2 saturated heterocycles. The van der Waals surface area contributed by atoms with E-state index in [2.05, 4.69) is 55.4 Å². The summed E-state index contributed by atoms with van der Waals surface area (Å²) in [6.45, 7) is 22.9. The first-order valence-electron chi connectivity index (χ1n) is 31.8. The van der Waals surface area contributed by atoms with Gasteiger partial charge in [-0.2, -0.15) is 0 Å². The van der Waals surface area contributed by atoms with Crippen LogP contribution in [0.1, 0.15) is 233 Å². The summed E-state index contributed by atoms with van der Waals surface area (Å²) in [5, 5.41) is 32.4. The molecular formula is C67H111LiO9. The molecule has 434 valence electrons. The zero-order valence-corrected chi connectivity index (χ0v) is 50.3. The van der Waals surface area contributed by atoms with Gasteiger partial charge in [-0.15, -0.1) is 0 Å². The standard InChI is InChI=1S/C37H56O4.C30H52O3.Li.2H2O/c1-25(10-15-33(26-17-22-40-23-18-26)41-34(38)27-8-6-5-7-9-27)30-13-14-31-29-12-11-28-24-35(2,39)20-21-36(28,3)32(29)16-19-37(30,31)4;1-20(5-10-27(31)21-12-17-33-18-13-21)24-8-9-25-23-7-6-22-19-28(2,32)15-16-29(22,3)26(23)11-14-30(24,25)4;;;/h5-9,25-26,28-33,39H,10-24H2,1-4H3;20-27,31-32H,5-19H2,1-4H3;;2*1H2/q;;+1;;/p-1/t25-,28+,29+,30-,31+,32+,33+,35+,36+,37-;20-,22+,23+,24-,25+,26+,27+,28+,29+,30-;;;/m11.../s1. The number of benzene rings is 1. The van der Waals surface area contributed by atoms with Gasteiger partial charge in [-0.1, -0.05) is 59.7 Å². The van der Waals surface area contributed by atoms with Gasteiger partial charge in [0.15, 0.2) is 0 Å².